The molecule has 0 saturated carbocycles. The zero-order valence-electron chi connectivity index (χ0n) is 12.3. The number of nitrogens with one attached hydrogen (secondary N) is 1. The van der Waals surface area contributed by atoms with E-state index in [1.54, 1.807) is 30.5 Å². The number of H-pyrrole nitrogens is 1. The van der Waals surface area contributed by atoms with Crippen molar-refractivity contribution in [3.8, 4) is 22.4 Å². The predicted octanol–water partition coefficient (Wildman–Crippen LogP) is 4.15. The molecular formula is C18H11ClFN3O. The lowest BCUT2D eigenvalue weighted by Crippen LogP contribution is -2.14. The first kappa shape index (κ1) is 14.7. The number of hydrogen-bond acceptors (Lipinski definition) is 2. The van der Waals surface area contributed by atoms with Gasteiger partial charge in [0.15, 0.2) is 5.65 Å². The molecule has 4 aromatic rings. The van der Waals surface area contributed by atoms with Crippen LogP contribution in [-0.4, -0.2) is 14.6 Å². The summed E-state index contributed by atoms with van der Waals surface area (Å²) in [4.78, 5) is 16.9. The van der Waals surface area contributed by atoms with Gasteiger partial charge in [0, 0.05) is 28.4 Å². The molecule has 0 unspecified atom stereocenters. The van der Waals surface area contributed by atoms with E-state index in [1.807, 2.05) is 12.1 Å². The fourth-order valence-corrected chi connectivity index (χ4v) is 2.72. The third kappa shape index (κ3) is 2.49. The van der Waals surface area contributed by atoms with Crippen LogP contribution in [0.25, 0.3) is 28.0 Å². The van der Waals surface area contributed by atoms with E-state index in [2.05, 4.69) is 10.1 Å². The van der Waals surface area contributed by atoms with Crippen molar-refractivity contribution in [3.63, 3.8) is 0 Å². The minimum Gasteiger partial charge on any atom is -0.296 e. The second-order valence-electron chi connectivity index (χ2n) is 5.34. The monoisotopic (exact) mass is 339 g/mol. The molecule has 2 aromatic heterocycles. The zero-order chi connectivity index (χ0) is 16.7. The van der Waals surface area contributed by atoms with Gasteiger partial charge in [0.25, 0.3) is 5.56 Å². The molecule has 0 aliphatic heterocycles. The van der Waals surface area contributed by atoms with Gasteiger partial charge in [-0.15, -0.1) is 0 Å². The number of hydrogen-bond donors (Lipinski definition) is 1. The van der Waals surface area contributed by atoms with Crippen LogP contribution in [0.5, 0.6) is 0 Å². The highest BCUT2D eigenvalue weighted by atomic mass is 35.5. The second kappa shape index (κ2) is 5.62. The van der Waals surface area contributed by atoms with E-state index in [9.17, 15) is 9.18 Å². The molecule has 0 spiro atoms. The molecule has 6 heteroatoms. The molecule has 24 heavy (non-hydrogen) atoms. The van der Waals surface area contributed by atoms with E-state index in [1.165, 1.54) is 22.7 Å². The summed E-state index contributed by atoms with van der Waals surface area (Å²) >= 11 is 5.90. The highest BCUT2D eigenvalue weighted by Crippen LogP contribution is 2.25. The molecule has 0 fully saturated rings. The Kier molecular flexibility index (Phi) is 3.43. The molecule has 0 aliphatic carbocycles. The molecule has 2 aromatic carbocycles. The maximum absolute atomic E-state index is 13.1. The summed E-state index contributed by atoms with van der Waals surface area (Å²) in [6.45, 7) is 0. The fourth-order valence-electron chi connectivity index (χ4n) is 2.59. The third-order valence-electron chi connectivity index (χ3n) is 3.79. The molecule has 0 aliphatic rings. The van der Waals surface area contributed by atoms with Crippen molar-refractivity contribution in [3.05, 3.63) is 82.0 Å². The van der Waals surface area contributed by atoms with Crippen LogP contribution in [0.3, 0.4) is 0 Å². The van der Waals surface area contributed by atoms with Crippen LogP contribution in [0.2, 0.25) is 5.02 Å². The average Bonchev–Trinajstić information content (AvgIpc) is 3.01. The molecule has 0 saturated heterocycles. The van der Waals surface area contributed by atoms with Gasteiger partial charge in [0.2, 0.25) is 0 Å². The standard InChI is InChI=1S/C18H11ClFN3O/c19-13-5-1-12(2-6-13)16-9-17(24)23-18(22-16)15(10-21-23)11-3-7-14(20)8-4-11/h1-10,21H. The normalized spacial score (nSPS) is 11.1. The van der Waals surface area contributed by atoms with E-state index in [4.69, 9.17) is 11.6 Å². The van der Waals surface area contributed by atoms with Crippen molar-refractivity contribution < 1.29 is 4.39 Å². The first-order valence-corrected chi connectivity index (χ1v) is 7.63. The molecule has 1 N–H and O–H groups in total. The van der Waals surface area contributed by atoms with Crippen molar-refractivity contribution in [2.24, 2.45) is 0 Å². The highest BCUT2D eigenvalue weighted by Gasteiger charge is 2.12. The lowest BCUT2D eigenvalue weighted by molar-refractivity contribution is 0.628. The molecular weight excluding hydrogens is 329 g/mol. The lowest BCUT2D eigenvalue weighted by Gasteiger charge is -2.03. The molecule has 118 valence electrons. The Morgan fingerprint density at radius 1 is 1.00 bits per heavy atom. The summed E-state index contributed by atoms with van der Waals surface area (Å²) in [7, 11) is 0. The fraction of sp³-hybridized carbons (Fsp3) is 0. The number of aromatic amines is 1. The first-order valence-electron chi connectivity index (χ1n) is 7.25. The van der Waals surface area contributed by atoms with Gasteiger partial charge in [0.05, 0.1) is 5.69 Å². The minimum atomic E-state index is -0.314. The van der Waals surface area contributed by atoms with Gasteiger partial charge in [-0.3, -0.25) is 9.89 Å². The molecule has 0 amide bonds. The number of benzene rings is 2. The van der Waals surface area contributed by atoms with Crippen LogP contribution in [0.4, 0.5) is 4.39 Å². The molecule has 0 bridgehead atoms. The minimum absolute atomic E-state index is 0.224. The summed E-state index contributed by atoms with van der Waals surface area (Å²) in [6.07, 6.45) is 1.68. The van der Waals surface area contributed by atoms with Gasteiger partial charge in [0.1, 0.15) is 5.82 Å². The summed E-state index contributed by atoms with van der Waals surface area (Å²) in [5.74, 6) is -0.314. The van der Waals surface area contributed by atoms with Crippen LogP contribution in [0, 0.1) is 5.82 Å². The molecule has 2 heterocycles. The number of fused-ring (bicyclic) bond motifs is 1. The number of halogens is 2. The number of nitrogens with zero attached hydrogens (tertiary/aromatic N) is 2. The van der Waals surface area contributed by atoms with Crippen molar-refractivity contribution in [2.75, 3.05) is 0 Å². The highest BCUT2D eigenvalue weighted by molar-refractivity contribution is 6.30. The Morgan fingerprint density at radius 2 is 1.67 bits per heavy atom. The van der Waals surface area contributed by atoms with Crippen LogP contribution in [-0.2, 0) is 0 Å². The van der Waals surface area contributed by atoms with Crippen LogP contribution in [0.1, 0.15) is 0 Å². The first-order chi connectivity index (χ1) is 11.6. The number of aromatic nitrogens is 3. The maximum Gasteiger partial charge on any atom is 0.273 e. The van der Waals surface area contributed by atoms with Gasteiger partial charge in [-0.25, -0.2) is 13.9 Å². The molecule has 0 atom stereocenters. The van der Waals surface area contributed by atoms with Crippen LogP contribution < -0.4 is 5.56 Å². The van der Waals surface area contributed by atoms with Crippen LogP contribution in [0.15, 0.2) is 65.6 Å². The van der Waals surface area contributed by atoms with E-state index < -0.39 is 0 Å². The quantitative estimate of drug-likeness (QED) is 0.596. The van der Waals surface area contributed by atoms with Crippen molar-refractivity contribution >= 4 is 17.2 Å². The van der Waals surface area contributed by atoms with E-state index in [0.29, 0.717) is 16.4 Å². The average molecular weight is 340 g/mol. The van der Waals surface area contributed by atoms with Crippen molar-refractivity contribution in [2.45, 2.75) is 0 Å². The molecule has 4 rings (SSSR count). The van der Waals surface area contributed by atoms with E-state index in [0.717, 1.165) is 16.7 Å². The topological polar surface area (TPSA) is 50.2 Å². The molecule has 4 nitrogen and oxygen atoms in total. The summed E-state index contributed by atoms with van der Waals surface area (Å²) < 4.78 is 14.5. The lowest BCUT2D eigenvalue weighted by atomic mass is 10.1. The van der Waals surface area contributed by atoms with Crippen molar-refractivity contribution in [1.29, 1.82) is 0 Å². The maximum atomic E-state index is 13.1. The Labute approximate surface area is 141 Å². The van der Waals surface area contributed by atoms with Gasteiger partial charge in [-0.05, 0) is 29.8 Å². The third-order valence-corrected chi connectivity index (χ3v) is 4.04. The Balaban J connectivity index is 1.93. The smallest absolute Gasteiger partial charge is 0.273 e. The Hall–Kier alpha value is -2.92. The Bertz CT molecular complexity index is 1080. The largest absolute Gasteiger partial charge is 0.296 e. The molecule has 0 radical (unpaired) electrons. The summed E-state index contributed by atoms with van der Waals surface area (Å²) in [5.41, 5.74) is 3.11. The van der Waals surface area contributed by atoms with Gasteiger partial charge in [-0.1, -0.05) is 35.9 Å². The van der Waals surface area contributed by atoms with E-state index >= 15 is 0 Å². The zero-order valence-corrected chi connectivity index (χ0v) is 13.1. The van der Waals surface area contributed by atoms with E-state index in [-0.39, 0.29) is 11.4 Å². The van der Waals surface area contributed by atoms with Gasteiger partial charge in [-0.2, -0.15) is 0 Å². The van der Waals surface area contributed by atoms with Gasteiger partial charge < -0.3 is 0 Å². The van der Waals surface area contributed by atoms with Crippen molar-refractivity contribution in [1.82, 2.24) is 14.6 Å². The Morgan fingerprint density at radius 3 is 2.38 bits per heavy atom. The van der Waals surface area contributed by atoms with Crippen LogP contribution >= 0.6 is 11.6 Å². The second-order valence-corrected chi connectivity index (χ2v) is 5.78. The predicted molar refractivity (Wildman–Crippen MR) is 91.7 cm³/mol. The van der Waals surface area contributed by atoms with Gasteiger partial charge >= 0.3 is 0 Å². The summed E-state index contributed by atoms with van der Waals surface area (Å²) in [5, 5.41) is 3.50. The number of rotatable bonds is 2. The SMILES string of the molecule is O=c1cc(-c2ccc(Cl)cc2)nc2c(-c3ccc(F)cc3)c[nH]n12. The summed E-state index contributed by atoms with van der Waals surface area (Å²) in [6, 6.07) is 14.6.